The van der Waals surface area contributed by atoms with Crippen molar-refractivity contribution in [1.29, 1.82) is 0 Å². The van der Waals surface area contributed by atoms with Gasteiger partial charge in [-0.05, 0) is 56.1 Å². The van der Waals surface area contributed by atoms with Gasteiger partial charge in [-0.2, -0.15) is 0 Å². The minimum atomic E-state index is 0.328. The average molecular weight is 377 g/mol. The van der Waals surface area contributed by atoms with Gasteiger partial charge in [0.05, 0.1) is 24.4 Å². The molecule has 1 fully saturated rings. The van der Waals surface area contributed by atoms with E-state index >= 15 is 0 Å². The molecule has 0 bridgehead atoms. The molecule has 2 aromatic carbocycles. The van der Waals surface area contributed by atoms with Crippen molar-refractivity contribution < 1.29 is 9.47 Å². The van der Waals surface area contributed by atoms with Crippen molar-refractivity contribution in [3.05, 3.63) is 59.7 Å². The van der Waals surface area contributed by atoms with Crippen molar-refractivity contribution >= 4 is 10.9 Å². The van der Waals surface area contributed by atoms with Gasteiger partial charge in [0.2, 0.25) is 0 Å². The zero-order valence-electron chi connectivity index (χ0n) is 16.9. The number of hydrogen-bond donors (Lipinski definition) is 0. The third-order valence-electron chi connectivity index (χ3n) is 5.58. The van der Waals surface area contributed by atoms with Crippen LogP contribution in [0.25, 0.3) is 22.2 Å². The average Bonchev–Trinajstić information content (AvgIpc) is 2.73. The number of ether oxygens (including phenoxy) is 2. The quantitative estimate of drug-likeness (QED) is 0.639. The molecule has 1 aliphatic heterocycles. The highest BCUT2D eigenvalue weighted by atomic mass is 16.5. The molecule has 4 nitrogen and oxygen atoms in total. The van der Waals surface area contributed by atoms with Crippen LogP contribution in [0, 0.1) is 6.92 Å². The van der Waals surface area contributed by atoms with Crippen LogP contribution in [-0.4, -0.2) is 43.3 Å². The van der Waals surface area contributed by atoms with Gasteiger partial charge in [0.1, 0.15) is 5.75 Å². The second-order valence-electron chi connectivity index (χ2n) is 7.66. The topological polar surface area (TPSA) is 34.6 Å². The van der Waals surface area contributed by atoms with E-state index in [1.165, 1.54) is 23.1 Å². The molecule has 1 saturated heterocycles. The summed E-state index contributed by atoms with van der Waals surface area (Å²) in [5, 5.41) is 1.15. The Morgan fingerprint density at radius 3 is 2.79 bits per heavy atom. The number of methoxy groups -OCH3 is 2. The summed E-state index contributed by atoms with van der Waals surface area (Å²) in [7, 11) is 3.51. The van der Waals surface area contributed by atoms with E-state index < -0.39 is 0 Å². The molecular weight excluding hydrogens is 348 g/mol. The molecular formula is C24H28N2O2. The molecule has 0 aliphatic carbocycles. The van der Waals surface area contributed by atoms with Crippen molar-refractivity contribution in [3.63, 3.8) is 0 Å². The number of pyridine rings is 1. The number of aromatic nitrogens is 1. The van der Waals surface area contributed by atoms with Crippen LogP contribution in [0.5, 0.6) is 5.75 Å². The summed E-state index contributed by atoms with van der Waals surface area (Å²) in [4.78, 5) is 7.55. The standard InChI is InChI=1S/C24H28N2O2/c1-17-6-4-7-19(12-17)24-20(15-26-11-5-8-22(16-26)28-3)13-18-9-10-21(27-2)14-23(18)25-24/h4,6-7,9-10,12-14,22H,5,8,11,15-16H2,1-3H3/t22-/m1/s1. The predicted molar refractivity (Wildman–Crippen MR) is 114 cm³/mol. The second kappa shape index (κ2) is 8.29. The number of fused-ring (bicyclic) bond motifs is 1. The summed E-state index contributed by atoms with van der Waals surface area (Å²) < 4.78 is 11.0. The zero-order chi connectivity index (χ0) is 19.5. The van der Waals surface area contributed by atoms with Gasteiger partial charge in [-0.3, -0.25) is 4.90 Å². The Balaban J connectivity index is 1.77. The van der Waals surface area contributed by atoms with E-state index in [-0.39, 0.29) is 0 Å². The van der Waals surface area contributed by atoms with Crippen LogP contribution < -0.4 is 4.74 Å². The number of rotatable bonds is 5. The van der Waals surface area contributed by atoms with Gasteiger partial charge >= 0.3 is 0 Å². The van der Waals surface area contributed by atoms with E-state index in [1.807, 2.05) is 19.2 Å². The van der Waals surface area contributed by atoms with Gasteiger partial charge in [-0.15, -0.1) is 0 Å². The zero-order valence-corrected chi connectivity index (χ0v) is 16.9. The maximum Gasteiger partial charge on any atom is 0.121 e. The van der Waals surface area contributed by atoms with E-state index in [4.69, 9.17) is 14.5 Å². The van der Waals surface area contributed by atoms with Crippen LogP contribution in [0.15, 0.2) is 48.5 Å². The molecule has 0 N–H and O–H groups in total. The lowest BCUT2D eigenvalue weighted by Crippen LogP contribution is -2.38. The highest BCUT2D eigenvalue weighted by Crippen LogP contribution is 2.30. The number of aryl methyl sites for hydroxylation is 1. The minimum absolute atomic E-state index is 0.328. The number of piperidine rings is 1. The third kappa shape index (κ3) is 4.03. The summed E-state index contributed by atoms with van der Waals surface area (Å²) in [5.41, 5.74) is 5.70. The molecule has 2 heterocycles. The fourth-order valence-corrected chi connectivity index (χ4v) is 4.07. The van der Waals surface area contributed by atoms with Gasteiger partial charge in [-0.1, -0.05) is 23.8 Å². The van der Waals surface area contributed by atoms with Crippen LogP contribution >= 0.6 is 0 Å². The highest BCUT2D eigenvalue weighted by molar-refractivity contribution is 5.84. The van der Waals surface area contributed by atoms with Crippen molar-refractivity contribution in [2.45, 2.75) is 32.4 Å². The predicted octanol–water partition coefficient (Wildman–Crippen LogP) is 4.83. The number of benzene rings is 2. The molecule has 4 rings (SSSR count). The molecule has 0 amide bonds. The van der Waals surface area contributed by atoms with Gasteiger partial charge in [-0.25, -0.2) is 4.98 Å². The summed E-state index contributed by atoms with van der Waals surface area (Å²) in [6, 6.07) is 17.0. The van der Waals surface area contributed by atoms with Gasteiger partial charge < -0.3 is 9.47 Å². The van der Waals surface area contributed by atoms with Crippen LogP contribution in [0.2, 0.25) is 0 Å². The van der Waals surface area contributed by atoms with Crippen LogP contribution in [-0.2, 0) is 11.3 Å². The molecule has 0 unspecified atom stereocenters. The highest BCUT2D eigenvalue weighted by Gasteiger charge is 2.21. The Morgan fingerprint density at radius 1 is 1.11 bits per heavy atom. The first kappa shape index (κ1) is 18.9. The van der Waals surface area contributed by atoms with Crippen molar-refractivity contribution in [1.82, 2.24) is 9.88 Å². The molecule has 1 aliphatic rings. The van der Waals surface area contributed by atoms with E-state index in [2.05, 4.69) is 48.2 Å². The lowest BCUT2D eigenvalue weighted by molar-refractivity contribution is 0.0286. The largest absolute Gasteiger partial charge is 0.497 e. The third-order valence-corrected chi connectivity index (χ3v) is 5.58. The Bertz CT molecular complexity index is 970. The van der Waals surface area contributed by atoms with Crippen molar-refractivity contribution in [2.24, 2.45) is 0 Å². The molecule has 1 atom stereocenters. The fourth-order valence-electron chi connectivity index (χ4n) is 4.07. The molecule has 4 heteroatoms. The smallest absolute Gasteiger partial charge is 0.121 e. The van der Waals surface area contributed by atoms with Gasteiger partial charge in [0, 0.05) is 37.2 Å². The van der Waals surface area contributed by atoms with E-state index in [0.29, 0.717) is 6.10 Å². The normalized spacial score (nSPS) is 17.8. The molecule has 0 saturated carbocycles. The first-order valence-electron chi connectivity index (χ1n) is 9.96. The maximum absolute atomic E-state index is 5.61. The Kier molecular flexibility index (Phi) is 5.60. The minimum Gasteiger partial charge on any atom is -0.497 e. The SMILES string of the molecule is COc1ccc2cc(CN3CCC[C@@H](OC)C3)c(-c3cccc(C)c3)nc2c1. The van der Waals surface area contributed by atoms with Gasteiger partial charge in [0.15, 0.2) is 0 Å². The van der Waals surface area contributed by atoms with E-state index in [0.717, 1.165) is 48.4 Å². The number of nitrogens with zero attached hydrogens (tertiary/aromatic N) is 2. The van der Waals surface area contributed by atoms with Crippen LogP contribution in [0.3, 0.4) is 0 Å². The van der Waals surface area contributed by atoms with E-state index in [9.17, 15) is 0 Å². The molecule has 146 valence electrons. The monoisotopic (exact) mass is 376 g/mol. The van der Waals surface area contributed by atoms with Gasteiger partial charge in [0.25, 0.3) is 0 Å². The fraction of sp³-hybridized carbons (Fsp3) is 0.375. The van der Waals surface area contributed by atoms with Crippen LogP contribution in [0.1, 0.15) is 24.0 Å². The molecule has 3 aromatic rings. The van der Waals surface area contributed by atoms with Crippen molar-refractivity contribution in [2.75, 3.05) is 27.3 Å². The second-order valence-corrected chi connectivity index (χ2v) is 7.66. The Morgan fingerprint density at radius 2 is 2.00 bits per heavy atom. The number of hydrogen-bond acceptors (Lipinski definition) is 4. The van der Waals surface area contributed by atoms with Crippen LogP contribution in [0.4, 0.5) is 0 Å². The number of likely N-dealkylation sites (tertiary alicyclic amines) is 1. The Hall–Kier alpha value is -2.43. The summed E-state index contributed by atoms with van der Waals surface area (Å²) in [6.07, 6.45) is 2.65. The Labute approximate surface area is 167 Å². The lowest BCUT2D eigenvalue weighted by atomic mass is 10.00. The van der Waals surface area contributed by atoms with Crippen molar-refractivity contribution in [3.8, 4) is 17.0 Å². The molecule has 0 radical (unpaired) electrons. The summed E-state index contributed by atoms with van der Waals surface area (Å²) in [5.74, 6) is 0.835. The molecule has 0 spiro atoms. The lowest BCUT2D eigenvalue weighted by Gasteiger charge is -2.32. The summed E-state index contributed by atoms with van der Waals surface area (Å²) in [6.45, 7) is 5.09. The first-order chi connectivity index (χ1) is 13.7. The molecule has 1 aromatic heterocycles. The first-order valence-corrected chi connectivity index (χ1v) is 9.96. The van der Waals surface area contributed by atoms with E-state index in [1.54, 1.807) is 7.11 Å². The maximum atomic E-state index is 5.61. The molecule has 28 heavy (non-hydrogen) atoms. The summed E-state index contributed by atoms with van der Waals surface area (Å²) >= 11 is 0.